The maximum Gasteiger partial charge on any atom is 0.328 e. The van der Waals surface area contributed by atoms with Crippen molar-refractivity contribution in [1.82, 2.24) is 14.5 Å². The number of fused-ring (bicyclic) bond motifs is 1. The van der Waals surface area contributed by atoms with E-state index in [1.165, 1.54) is 0 Å². The first kappa shape index (κ1) is 15.3. The first-order chi connectivity index (χ1) is 9.82. The van der Waals surface area contributed by atoms with Gasteiger partial charge in [0.1, 0.15) is 6.04 Å². The molecule has 6 nitrogen and oxygen atoms in total. The van der Waals surface area contributed by atoms with Crippen molar-refractivity contribution in [2.24, 2.45) is 20.0 Å². The number of aliphatic carboxylic acids is 1. The molecule has 1 heterocycles. The number of benzene rings is 1. The third-order valence-corrected chi connectivity index (χ3v) is 3.80. The highest BCUT2D eigenvalue weighted by molar-refractivity contribution is 5.77. The molecule has 2 aromatic rings. The topological polar surface area (TPSA) is 76.3 Å². The molecule has 1 aromatic heterocycles. The molecule has 2 N–H and O–H groups in total. The summed E-state index contributed by atoms with van der Waals surface area (Å²) in [4.78, 5) is 23.0. The van der Waals surface area contributed by atoms with Gasteiger partial charge in [-0.3, -0.25) is 13.9 Å². The monoisotopic (exact) mass is 291 g/mol. The molecule has 21 heavy (non-hydrogen) atoms. The van der Waals surface area contributed by atoms with Gasteiger partial charge in [-0.2, -0.15) is 0 Å². The van der Waals surface area contributed by atoms with E-state index in [1.54, 1.807) is 23.2 Å². The van der Waals surface area contributed by atoms with E-state index in [1.807, 2.05) is 32.0 Å². The minimum atomic E-state index is -0.849. The number of nitrogens with one attached hydrogen (secondary N) is 1. The maximum absolute atomic E-state index is 11.9. The highest BCUT2D eigenvalue weighted by atomic mass is 16.4. The minimum Gasteiger partial charge on any atom is -0.480 e. The average Bonchev–Trinajstić information content (AvgIpc) is 2.63. The van der Waals surface area contributed by atoms with E-state index in [0.717, 1.165) is 16.6 Å². The third-order valence-electron chi connectivity index (χ3n) is 3.80. The second-order valence-corrected chi connectivity index (χ2v) is 5.66. The van der Waals surface area contributed by atoms with E-state index >= 15 is 0 Å². The summed E-state index contributed by atoms with van der Waals surface area (Å²) in [5.74, 6) is -0.842. The van der Waals surface area contributed by atoms with Crippen LogP contribution in [0.15, 0.2) is 23.0 Å². The number of aryl methyl sites for hydroxylation is 2. The third kappa shape index (κ3) is 2.85. The summed E-state index contributed by atoms with van der Waals surface area (Å²) in [6.07, 6.45) is 0. The summed E-state index contributed by atoms with van der Waals surface area (Å²) in [7, 11) is 3.47. The van der Waals surface area contributed by atoms with Gasteiger partial charge in [-0.1, -0.05) is 19.9 Å². The number of carboxylic acid groups (broad SMARTS) is 1. The van der Waals surface area contributed by atoms with E-state index in [9.17, 15) is 9.59 Å². The summed E-state index contributed by atoms with van der Waals surface area (Å²) in [6, 6.07) is 5.14. The average molecular weight is 291 g/mol. The van der Waals surface area contributed by atoms with Crippen molar-refractivity contribution in [2.75, 3.05) is 0 Å². The molecule has 114 valence electrons. The van der Waals surface area contributed by atoms with Crippen molar-refractivity contribution in [3.05, 3.63) is 34.2 Å². The Morgan fingerprint density at radius 1 is 1.24 bits per heavy atom. The quantitative estimate of drug-likeness (QED) is 0.864. The van der Waals surface area contributed by atoms with Crippen LogP contribution in [0.5, 0.6) is 0 Å². The zero-order valence-electron chi connectivity index (χ0n) is 12.8. The van der Waals surface area contributed by atoms with Crippen molar-refractivity contribution in [2.45, 2.75) is 26.4 Å². The molecule has 0 aliphatic carbocycles. The molecule has 2 rings (SSSR count). The lowest BCUT2D eigenvalue weighted by Crippen LogP contribution is -2.40. The van der Waals surface area contributed by atoms with Gasteiger partial charge in [-0.25, -0.2) is 4.79 Å². The van der Waals surface area contributed by atoms with Gasteiger partial charge in [-0.05, 0) is 23.6 Å². The van der Waals surface area contributed by atoms with Gasteiger partial charge in [-0.15, -0.1) is 0 Å². The summed E-state index contributed by atoms with van der Waals surface area (Å²) in [6.45, 7) is 4.19. The number of rotatable bonds is 5. The summed E-state index contributed by atoms with van der Waals surface area (Å²) < 4.78 is 3.19. The largest absolute Gasteiger partial charge is 0.480 e. The van der Waals surface area contributed by atoms with E-state index in [2.05, 4.69) is 5.32 Å². The SMILES string of the molecule is CC(C)[C@@H](NCc1ccc2c(c1)n(C)c(=O)n2C)C(=O)O. The number of carbonyl (C=O) groups is 1. The second-order valence-electron chi connectivity index (χ2n) is 5.66. The zero-order valence-corrected chi connectivity index (χ0v) is 12.8. The maximum atomic E-state index is 11.9. The molecule has 0 radical (unpaired) electrons. The van der Waals surface area contributed by atoms with Crippen molar-refractivity contribution in [3.63, 3.8) is 0 Å². The Bertz CT molecular complexity index is 728. The summed E-state index contributed by atoms with van der Waals surface area (Å²) >= 11 is 0. The van der Waals surface area contributed by atoms with Crippen LogP contribution in [0.2, 0.25) is 0 Å². The van der Waals surface area contributed by atoms with E-state index in [-0.39, 0.29) is 11.6 Å². The first-order valence-corrected chi connectivity index (χ1v) is 6.93. The number of imidazole rings is 1. The normalized spacial score (nSPS) is 13.0. The molecule has 1 atom stereocenters. The van der Waals surface area contributed by atoms with Crippen LogP contribution in [-0.2, 0) is 25.4 Å². The van der Waals surface area contributed by atoms with Gasteiger partial charge in [0, 0.05) is 20.6 Å². The van der Waals surface area contributed by atoms with Crippen LogP contribution in [0.1, 0.15) is 19.4 Å². The molecular weight excluding hydrogens is 270 g/mol. The molecule has 0 amide bonds. The lowest BCUT2D eigenvalue weighted by atomic mass is 10.0. The molecule has 0 spiro atoms. The number of nitrogens with zero attached hydrogens (tertiary/aromatic N) is 2. The van der Waals surface area contributed by atoms with Gasteiger partial charge >= 0.3 is 11.7 Å². The lowest BCUT2D eigenvalue weighted by Gasteiger charge is -2.18. The van der Waals surface area contributed by atoms with Gasteiger partial charge in [0.25, 0.3) is 0 Å². The predicted molar refractivity (Wildman–Crippen MR) is 81.3 cm³/mol. The van der Waals surface area contributed by atoms with Gasteiger partial charge < -0.3 is 10.4 Å². The molecule has 0 aliphatic rings. The Kier molecular flexibility index (Phi) is 4.18. The van der Waals surface area contributed by atoms with Crippen LogP contribution in [0.3, 0.4) is 0 Å². The molecule has 0 aliphatic heterocycles. The van der Waals surface area contributed by atoms with Crippen LogP contribution < -0.4 is 11.0 Å². The lowest BCUT2D eigenvalue weighted by molar-refractivity contribution is -0.140. The number of hydrogen-bond acceptors (Lipinski definition) is 3. The second kappa shape index (κ2) is 5.73. The van der Waals surface area contributed by atoms with Crippen LogP contribution in [0.4, 0.5) is 0 Å². The fraction of sp³-hybridized carbons (Fsp3) is 0.467. The van der Waals surface area contributed by atoms with Crippen molar-refractivity contribution in [3.8, 4) is 0 Å². The first-order valence-electron chi connectivity index (χ1n) is 6.93. The highest BCUT2D eigenvalue weighted by Crippen LogP contribution is 2.14. The molecule has 1 aromatic carbocycles. The molecule has 0 bridgehead atoms. The Labute approximate surface area is 123 Å². The van der Waals surface area contributed by atoms with Crippen molar-refractivity contribution < 1.29 is 9.90 Å². The number of hydrogen-bond donors (Lipinski definition) is 2. The Balaban J connectivity index is 2.26. The van der Waals surface area contributed by atoms with Crippen molar-refractivity contribution >= 4 is 17.0 Å². The minimum absolute atomic E-state index is 0.00677. The Morgan fingerprint density at radius 3 is 2.43 bits per heavy atom. The Hall–Kier alpha value is -2.08. The van der Waals surface area contributed by atoms with Gasteiger partial charge in [0.05, 0.1) is 11.0 Å². The molecule has 6 heteroatoms. The van der Waals surface area contributed by atoms with E-state index in [4.69, 9.17) is 5.11 Å². The van der Waals surface area contributed by atoms with Crippen LogP contribution in [0, 0.1) is 5.92 Å². The van der Waals surface area contributed by atoms with Crippen molar-refractivity contribution in [1.29, 1.82) is 0 Å². The van der Waals surface area contributed by atoms with Crippen LogP contribution in [0.25, 0.3) is 11.0 Å². The standard InChI is InChI=1S/C15H21N3O3/c1-9(2)13(14(19)20)16-8-10-5-6-11-12(7-10)18(4)15(21)17(11)3/h5-7,9,13,16H,8H2,1-4H3,(H,19,20)/t13-/m1/s1. The molecule has 0 saturated carbocycles. The smallest absolute Gasteiger partial charge is 0.328 e. The number of carboxylic acids is 1. The van der Waals surface area contributed by atoms with Crippen LogP contribution in [-0.4, -0.2) is 26.3 Å². The Morgan fingerprint density at radius 2 is 1.86 bits per heavy atom. The van der Waals surface area contributed by atoms with E-state index < -0.39 is 12.0 Å². The molecule has 0 saturated heterocycles. The molecular formula is C15H21N3O3. The fourth-order valence-corrected chi connectivity index (χ4v) is 2.50. The fourth-order valence-electron chi connectivity index (χ4n) is 2.50. The molecule has 0 fully saturated rings. The summed E-state index contributed by atoms with van der Waals surface area (Å²) in [5, 5.41) is 12.2. The van der Waals surface area contributed by atoms with Gasteiger partial charge in [0.2, 0.25) is 0 Å². The summed E-state index contributed by atoms with van der Waals surface area (Å²) in [5.41, 5.74) is 2.60. The zero-order chi connectivity index (χ0) is 15.7. The van der Waals surface area contributed by atoms with Crippen LogP contribution >= 0.6 is 0 Å². The van der Waals surface area contributed by atoms with Gasteiger partial charge in [0.15, 0.2) is 0 Å². The number of aromatic nitrogens is 2. The van der Waals surface area contributed by atoms with E-state index in [0.29, 0.717) is 6.54 Å². The highest BCUT2D eigenvalue weighted by Gasteiger charge is 2.20. The molecule has 0 unspecified atom stereocenters. The predicted octanol–water partition coefficient (Wildman–Crippen LogP) is 1.08.